The zero-order chi connectivity index (χ0) is 28.3. The molecule has 0 fully saturated rings. The molecular weight excluding hydrogens is 504 g/mol. The average molecular weight is 537 g/mol. The first-order valence-corrected chi connectivity index (χ1v) is 12.5. The molecule has 0 saturated heterocycles. The van der Waals surface area contributed by atoms with E-state index in [4.69, 9.17) is 19.3 Å². The molecule has 2 aromatic carbocycles. The van der Waals surface area contributed by atoms with Crippen molar-refractivity contribution in [3.8, 4) is 17.2 Å². The number of hydrogen-bond acceptors (Lipinski definition) is 8. The Labute approximate surface area is 226 Å². The minimum atomic E-state index is -0.543. The molecule has 1 aromatic heterocycles. The number of aromatic nitrogens is 2. The fourth-order valence-corrected chi connectivity index (χ4v) is 4.89. The number of fused-ring (bicyclic) bond motifs is 1. The molecular formula is C28H32N4O7. The Hall–Kier alpha value is -4.25. The van der Waals surface area contributed by atoms with Gasteiger partial charge in [0.25, 0.3) is 11.6 Å². The summed E-state index contributed by atoms with van der Waals surface area (Å²) in [4.78, 5) is 37.5. The van der Waals surface area contributed by atoms with E-state index in [0.29, 0.717) is 54.3 Å². The average Bonchev–Trinajstić information content (AvgIpc) is 3.24. The van der Waals surface area contributed by atoms with Crippen LogP contribution in [0.15, 0.2) is 36.4 Å². The van der Waals surface area contributed by atoms with E-state index in [9.17, 15) is 19.7 Å². The first kappa shape index (κ1) is 27.8. The van der Waals surface area contributed by atoms with Crippen LogP contribution in [0.3, 0.4) is 0 Å². The maximum Gasteiger partial charge on any atom is 0.295 e. The number of ether oxygens (including phenoxy) is 3. The Kier molecular flexibility index (Phi) is 8.01. The molecule has 39 heavy (non-hydrogen) atoms. The molecule has 0 aliphatic heterocycles. The van der Waals surface area contributed by atoms with E-state index < -0.39 is 10.8 Å². The van der Waals surface area contributed by atoms with E-state index in [1.165, 1.54) is 30.0 Å². The van der Waals surface area contributed by atoms with Crippen molar-refractivity contribution in [1.82, 2.24) is 15.1 Å². The van der Waals surface area contributed by atoms with E-state index in [-0.39, 0.29) is 34.7 Å². The number of carbonyl (C=O) groups excluding carboxylic acids is 2. The van der Waals surface area contributed by atoms with Gasteiger partial charge in [-0.25, -0.2) is 4.68 Å². The van der Waals surface area contributed by atoms with Gasteiger partial charge in [0.2, 0.25) is 0 Å². The van der Waals surface area contributed by atoms with Crippen LogP contribution in [0.25, 0.3) is 5.69 Å². The Balaban J connectivity index is 1.81. The highest BCUT2D eigenvalue weighted by molar-refractivity contribution is 6.00. The summed E-state index contributed by atoms with van der Waals surface area (Å²) in [6.45, 7) is 4.56. The van der Waals surface area contributed by atoms with Crippen LogP contribution in [0.4, 0.5) is 5.69 Å². The maximum absolute atomic E-state index is 13.4. The predicted molar refractivity (Wildman–Crippen MR) is 143 cm³/mol. The zero-order valence-electron chi connectivity index (χ0n) is 22.7. The molecule has 11 nitrogen and oxygen atoms in total. The number of rotatable bonds is 10. The number of nitrogens with one attached hydrogen (secondary N) is 1. The van der Waals surface area contributed by atoms with Crippen molar-refractivity contribution in [1.29, 1.82) is 0 Å². The molecule has 1 heterocycles. The van der Waals surface area contributed by atoms with Gasteiger partial charge in [0.15, 0.2) is 17.3 Å². The minimum Gasteiger partial charge on any atom is -0.493 e. The molecule has 0 spiro atoms. The lowest BCUT2D eigenvalue weighted by Gasteiger charge is -2.29. The van der Waals surface area contributed by atoms with Gasteiger partial charge in [-0.3, -0.25) is 19.7 Å². The molecule has 1 N–H and O–H groups in total. The molecule has 11 heteroatoms. The van der Waals surface area contributed by atoms with E-state index in [0.717, 1.165) is 5.56 Å². The smallest absolute Gasteiger partial charge is 0.295 e. The second-order valence-corrected chi connectivity index (χ2v) is 10.2. The van der Waals surface area contributed by atoms with Crippen LogP contribution < -0.4 is 14.8 Å². The van der Waals surface area contributed by atoms with Gasteiger partial charge in [0.1, 0.15) is 5.69 Å². The SMILES string of the molecule is COCCNC(=O)c1ccc(-n2nc(Cc3ccc(OC)c(OC)c3)c3c2CC(C)(C)CC3=O)c([N+](=O)[O-])c1. The van der Waals surface area contributed by atoms with Gasteiger partial charge in [-0.05, 0) is 41.7 Å². The van der Waals surface area contributed by atoms with Crippen LogP contribution in [0.1, 0.15) is 57.9 Å². The molecule has 0 radical (unpaired) electrons. The topological polar surface area (TPSA) is 135 Å². The van der Waals surface area contributed by atoms with Crippen molar-refractivity contribution in [2.24, 2.45) is 5.41 Å². The lowest BCUT2D eigenvalue weighted by Crippen LogP contribution is -2.28. The summed E-state index contributed by atoms with van der Waals surface area (Å²) < 4.78 is 17.2. The largest absolute Gasteiger partial charge is 0.493 e. The van der Waals surface area contributed by atoms with Crippen molar-refractivity contribution in [2.75, 3.05) is 34.5 Å². The summed E-state index contributed by atoms with van der Waals surface area (Å²) in [5.74, 6) is 0.619. The Bertz CT molecular complexity index is 1430. The molecule has 0 unspecified atom stereocenters. The molecule has 1 aliphatic rings. The van der Waals surface area contributed by atoms with Crippen LogP contribution >= 0.6 is 0 Å². The first-order valence-electron chi connectivity index (χ1n) is 12.5. The summed E-state index contributed by atoms with van der Waals surface area (Å²) in [5, 5.41) is 19.6. The Morgan fingerprint density at radius 2 is 1.85 bits per heavy atom. The highest BCUT2D eigenvalue weighted by Crippen LogP contribution is 2.39. The molecule has 1 amide bonds. The van der Waals surface area contributed by atoms with Gasteiger partial charge < -0.3 is 19.5 Å². The summed E-state index contributed by atoms with van der Waals surface area (Å²) in [6, 6.07) is 9.72. The maximum atomic E-state index is 13.4. The molecule has 3 aromatic rings. The number of benzene rings is 2. The zero-order valence-corrected chi connectivity index (χ0v) is 22.7. The van der Waals surface area contributed by atoms with E-state index in [2.05, 4.69) is 5.32 Å². The van der Waals surface area contributed by atoms with Crippen LogP contribution in [0.2, 0.25) is 0 Å². The van der Waals surface area contributed by atoms with Crippen molar-refractivity contribution in [3.05, 3.63) is 74.6 Å². The van der Waals surface area contributed by atoms with Crippen LogP contribution in [-0.2, 0) is 17.6 Å². The number of amides is 1. The third kappa shape index (κ3) is 5.78. The number of nitrogens with zero attached hydrogens (tertiary/aromatic N) is 3. The summed E-state index contributed by atoms with van der Waals surface area (Å²) >= 11 is 0. The molecule has 4 rings (SSSR count). The lowest BCUT2D eigenvalue weighted by molar-refractivity contribution is -0.384. The van der Waals surface area contributed by atoms with Gasteiger partial charge in [-0.2, -0.15) is 5.10 Å². The Morgan fingerprint density at radius 3 is 2.51 bits per heavy atom. The van der Waals surface area contributed by atoms with E-state index in [1.807, 2.05) is 26.0 Å². The van der Waals surface area contributed by atoms with Gasteiger partial charge in [0, 0.05) is 38.1 Å². The predicted octanol–water partition coefficient (Wildman–Crippen LogP) is 3.92. The quantitative estimate of drug-likeness (QED) is 0.234. The van der Waals surface area contributed by atoms with Gasteiger partial charge in [0.05, 0.1) is 42.7 Å². The van der Waals surface area contributed by atoms with Gasteiger partial charge >= 0.3 is 0 Å². The standard InChI is InChI=1S/C28H32N4O7/c1-28(2)15-22-26(23(33)16-28)19(12-17-6-9-24(38-4)25(13-17)39-5)30-31(22)20-8-7-18(14-21(20)32(35)36)27(34)29-10-11-37-3/h6-9,13-14H,10-12,15-16H2,1-5H3,(H,29,34). The number of methoxy groups -OCH3 is 3. The minimum absolute atomic E-state index is 0.0558. The van der Waals surface area contributed by atoms with Crippen LogP contribution in [0.5, 0.6) is 11.5 Å². The first-order chi connectivity index (χ1) is 18.6. The second-order valence-electron chi connectivity index (χ2n) is 10.2. The lowest BCUT2D eigenvalue weighted by atomic mass is 9.75. The number of hydrogen-bond donors (Lipinski definition) is 1. The normalized spacial score (nSPS) is 14.0. The Morgan fingerprint density at radius 1 is 1.10 bits per heavy atom. The number of Topliss-reactive ketones (excluding diaryl/α,β-unsaturated/α-hetero) is 1. The third-order valence-corrected chi connectivity index (χ3v) is 6.69. The molecule has 0 atom stereocenters. The molecule has 0 bridgehead atoms. The van der Waals surface area contributed by atoms with E-state index in [1.54, 1.807) is 20.3 Å². The fourth-order valence-electron chi connectivity index (χ4n) is 4.89. The van der Waals surface area contributed by atoms with E-state index >= 15 is 0 Å². The number of ketones is 1. The van der Waals surface area contributed by atoms with Crippen molar-refractivity contribution in [3.63, 3.8) is 0 Å². The van der Waals surface area contributed by atoms with Crippen molar-refractivity contribution in [2.45, 2.75) is 33.1 Å². The molecule has 0 saturated carbocycles. The van der Waals surface area contributed by atoms with Crippen LogP contribution in [-0.4, -0.2) is 60.9 Å². The van der Waals surface area contributed by atoms with Crippen molar-refractivity contribution < 1.29 is 28.7 Å². The highest BCUT2D eigenvalue weighted by Gasteiger charge is 2.37. The monoisotopic (exact) mass is 536 g/mol. The highest BCUT2D eigenvalue weighted by atomic mass is 16.6. The molecule has 1 aliphatic carbocycles. The van der Waals surface area contributed by atoms with Crippen LogP contribution in [0, 0.1) is 15.5 Å². The molecule has 206 valence electrons. The summed E-state index contributed by atoms with van der Waals surface area (Å²) in [5.41, 5.74) is 2.17. The van der Waals surface area contributed by atoms with Gasteiger partial charge in [-0.1, -0.05) is 19.9 Å². The summed E-state index contributed by atoms with van der Waals surface area (Å²) in [7, 11) is 4.61. The number of nitro benzene ring substituents is 1. The fraction of sp³-hybridized carbons (Fsp3) is 0.393. The third-order valence-electron chi connectivity index (χ3n) is 6.69. The summed E-state index contributed by atoms with van der Waals surface area (Å²) in [6.07, 6.45) is 1.16. The second kappa shape index (κ2) is 11.2. The van der Waals surface area contributed by atoms with Gasteiger partial charge in [-0.15, -0.1) is 0 Å². The van der Waals surface area contributed by atoms with Crippen molar-refractivity contribution >= 4 is 17.4 Å². The number of carbonyl (C=O) groups is 2. The number of nitro groups is 1.